The lowest BCUT2D eigenvalue weighted by molar-refractivity contribution is 0.254. The van der Waals surface area contributed by atoms with Crippen LogP contribution in [0.25, 0.3) is 0 Å². The summed E-state index contributed by atoms with van der Waals surface area (Å²) in [5, 5.41) is 0. The molecule has 1 aromatic rings. The maximum Gasteiger partial charge on any atom is 0.243 e. The van der Waals surface area contributed by atoms with Crippen LogP contribution in [-0.4, -0.2) is 31.9 Å². The summed E-state index contributed by atoms with van der Waals surface area (Å²) >= 11 is 0. The highest BCUT2D eigenvalue weighted by Crippen LogP contribution is 2.22. The number of sulfonamides is 1. The molecule has 0 aromatic heterocycles. The molecule has 2 unspecified atom stereocenters. The number of nitrogens with two attached hydrogens (primary N) is 1. The summed E-state index contributed by atoms with van der Waals surface area (Å²) in [6.45, 7) is 3.01. The van der Waals surface area contributed by atoms with Gasteiger partial charge in [0.25, 0.3) is 0 Å². The van der Waals surface area contributed by atoms with Gasteiger partial charge in [-0.1, -0.05) is 25.1 Å². The van der Waals surface area contributed by atoms with Crippen molar-refractivity contribution in [1.82, 2.24) is 4.31 Å². The van der Waals surface area contributed by atoms with Crippen LogP contribution in [0.3, 0.4) is 0 Å². The molecule has 2 N–H and O–H groups in total. The van der Waals surface area contributed by atoms with Crippen molar-refractivity contribution in [2.24, 2.45) is 11.7 Å². The minimum Gasteiger partial charge on any atom is -0.326 e. The van der Waals surface area contributed by atoms with Gasteiger partial charge in [-0.15, -0.1) is 0 Å². The van der Waals surface area contributed by atoms with E-state index in [2.05, 4.69) is 0 Å². The summed E-state index contributed by atoms with van der Waals surface area (Å²) in [6, 6.07) is 8.47. The summed E-state index contributed by atoms with van der Waals surface area (Å²) in [6.07, 6.45) is 0.890. The molecule has 4 nitrogen and oxygen atoms in total. The van der Waals surface area contributed by atoms with Gasteiger partial charge in [-0.25, -0.2) is 8.42 Å². The van der Waals surface area contributed by atoms with E-state index in [1.165, 1.54) is 4.31 Å². The summed E-state index contributed by atoms with van der Waals surface area (Å²) in [4.78, 5) is 0.348. The van der Waals surface area contributed by atoms with Crippen molar-refractivity contribution in [1.29, 1.82) is 0 Å². The van der Waals surface area contributed by atoms with Crippen molar-refractivity contribution in [3.63, 3.8) is 0 Å². The highest BCUT2D eigenvalue weighted by Gasteiger charge is 2.31. The molecule has 94 valence electrons. The van der Waals surface area contributed by atoms with E-state index in [-0.39, 0.29) is 6.04 Å². The van der Waals surface area contributed by atoms with E-state index in [0.29, 0.717) is 23.9 Å². The first-order chi connectivity index (χ1) is 8.00. The van der Waals surface area contributed by atoms with Crippen molar-refractivity contribution in [3.8, 4) is 0 Å². The molecule has 0 bridgehead atoms. The fourth-order valence-corrected chi connectivity index (χ4v) is 3.93. The molecule has 1 aromatic carbocycles. The third-order valence-corrected chi connectivity index (χ3v) is 4.89. The van der Waals surface area contributed by atoms with E-state index in [4.69, 9.17) is 5.73 Å². The Balaban J connectivity index is 2.27. The molecule has 0 saturated carbocycles. The lowest BCUT2D eigenvalue weighted by atomic mass is 9.99. The molecular weight excluding hydrogens is 236 g/mol. The van der Waals surface area contributed by atoms with Gasteiger partial charge in [-0.2, -0.15) is 4.31 Å². The Labute approximate surface area is 102 Å². The zero-order valence-electron chi connectivity index (χ0n) is 9.91. The summed E-state index contributed by atoms with van der Waals surface area (Å²) in [5.41, 5.74) is 5.88. The molecule has 5 heteroatoms. The molecule has 0 amide bonds. The van der Waals surface area contributed by atoms with E-state index in [0.717, 1.165) is 6.42 Å². The predicted octanol–water partition coefficient (Wildman–Crippen LogP) is 1.04. The molecule has 2 atom stereocenters. The van der Waals surface area contributed by atoms with Gasteiger partial charge in [-0.05, 0) is 24.5 Å². The third-order valence-electron chi connectivity index (χ3n) is 3.04. The standard InChI is InChI=1S/C12H18N2O2S/c1-10-7-11(13)9-14(8-10)17(15,16)12-5-3-2-4-6-12/h2-6,10-11H,7-9,13H2,1H3. The maximum absolute atomic E-state index is 12.3. The molecule has 1 heterocycles. The molecule has 0 radical (unpaired) electrons. The Morgan fingerprint density at radius 3 is 2.47 bits per heavy atom. The average Bonchev–Trinajstić information content (AvgIpc) is 2.29. The Bertz CT molecular complexity index is 463. The SMILES string of the molecule is CC1CC(N)CN(S(=O)(=O)c2ccccc2)C1. The third kappa shape index (κ3) is 2.68. The Hall–Kier alpha value is -0.910. The molecule has 0 spiro atoms. The molecule has 1 aliphatic rings. The summed E-state index contributed by atoms with van der Waals surface area (Å²) in [5.74, 6) is 0.317. The molecular formula is C12H18N2O2S. The van der Waals surface area contributed by atoms with Gasteiger partial charge in [0, 0.05) is 19.1 Å². The molecule has 1 aliphatic heterocycles. The first kappa shape index (κ1) is 12.5. The van der Waals surface area contributed by atoms with E-state index in [1.807, 2.05) is 13.0 Å². The van der Waals surface area contributed by atoms with E-state index < -0.39 is 10.0 Å². The van der Waals surface area contributed by atoms with Gasteiger partial charge in [-0.3, -0.25) is 0 Å². The van der Waals surface area contributed by atoms with Gasteiger partial charge in [0.2, 0.25) is 10.0 Å². The number of hydrogen-bond acceptors (Lipinski definition) is 3. The number of nitrogens with zero attached hydrogens (tertiary/aromatic N) is 1. The van der Waals surface area contributed by atoms with Gasteiger partial charge in [0.15, 0.2) is 0 Å². The van der Waals surface area contributed by atoms with E-state index >= 15 is 0 Å². The second-order valence-corrected chi connectivity index (χ2v) is 6.67. The lowest BCUT2D eigenvalue weighted by Gasteiger charge is -2.33. The fourth-order valence-electron chi connectivity index (χ4n) is 2.29. The average molecular weight is 254 g/mol. The van der Waals surface area contributed by atoms with Crippen LogP contribution < -0.4 is 5.73 Å². The molecule has 2 rings (SSSR count). The minimum absolute atomic E-state index is 0.0581. The second kappa shape index (κ2) is 4.76. The Kier molecular flexibility index (Phi) is 3.51. The van der Waals surface area contributed by atoms with Crippen LogP contribution in [0, 0.1) is 5.92 Å². The topological polar surface area (TPSA) is 63.4 Å². The van der Waals surface area contributed by atoms with Crippen LogP contribution in [0.15, 0.2) is 35.2 Å². The van der Waals surface area contributed by atoms with Crippen molar-refractivity contribution in [2.45, 2.75) is 24.3 Å². The van der Waals surface area contributed by atoms with Crippen LogP contribution in [0.1, 0.15) is 13.3 Å². The van der Waals surface area contributed by atoms with E-state index in [9.17, 15) is 8.42 Å². The van der Waals surface area contributed by atoms with Crippen molar-refractivity contribution in [3.05, 3.63) is 30.3 Å². The molecule has 0 aliphatic carbocycles. The van der Waals surface area contributed by atoms with E-state index in [1.54, 1.807) is 24.3 Å². The highest BCUT2D eigenvalue weighted by atomic mass is 32.2. The summed E-state index contributed by atoms with van der Waals surface area (Å²) in [7, 11) is -3.37. The van der Waals surface area contributed by atoms with Gasteiger partial charge in [0.05, 0.1) is 4.90 Å². The predicted molar refractivity (Wildman–Crippen MR) is 67.0 cm³/mol. The zero-order chi connectivity index (χ0) is 12.5. The van der Waals surface area contributed by atoms with Gasteiger partial charge >= 0.3 is 0 Å². The molecule has 1 fully saturated rings. The first-order valence-electron chi connectivity index (χ1n) is 5.81. The second-order valence-electron chi connectivity index (χ2n) is 4.74. The highest BCUT2D eigenvalue weighted by molar-refractivity contribution is 7.89. The zero-order valence-corrected chi connectivity index (χ0v) is 10.7. The largest absolute Gasteiger partial charge is 0.326 e. The van der Waals surface area contributed by atoms with Crippen molar-refractivity contribution < 1.29 is 8.42 Å². The first-order valence-corrected chi connectivity index (χ1v) is 7.25. The fraction of sp³-hybridized carbons (Fsp3) is 0.500. The lowest BCUT2D eigenvalue weighted by Crippen LogP contribution is -2.48. The number of rotatable bonds is 2. The number of hydrogen-bond donors (Lipinski definition) is 1. The van der Waals surface area contributed by atoms with Crippen LogP contribution in [-0.2, 0) is 10.0 Å². The van der Waals surface area contributed by atoms with Crippen LogP contribution in [0.2, 0.25) is 0 Å². The van der Waals surface area contributed by atoms with Gasteiger partial charge < -0.3 is 5.73 Å². The van der Waals surface area contributed by atoms with Crippen LogP contribution in [0.5, 0.6) is 0 Å². The smallest absolute Gasteiger partial charge is 0.243 e. The van der Waals surface area contributed by atoms with Crippen LogP contribution >= 0.6 is 0 Å². The minimum atomic E-state index is -3.37. The summed E-state index contributed by atoms with van der Waals surface area (Å²) < 4.78 is 26.2. The molecule has 1 saturated heterocycles. The number of benzene rings is 1. The van der Waals surface area contributed by atoms with Crippen molar-refractivity contribution >= 4 is 10.0 Å². The van der Waals surface area contributed by atoms with Crippen molar-refractivity contribution in [2.75, 3.05) is 13.1 Å². The monoisotopic (exact) mass is 254 g/mol. The van der Waals surface area contributed by atoms with Crippen LogP contribution in [0.4, 0.5) is 0 Å². The quantitative estimate of drug-likeness (QED) is 0.858. The molecule has 17 heavy (non-hydrogen) atoms. The van der Waals surface area contributed by atoms with Gasteiger partial charge in [0.1, 0.15) is 0 Å². The normalized spacial score (nSPS) is 26.9. The number of piperidine rings is 1. The maximum atomic E-state index is 12.3. The Morgan fingerprint density at radius 1 is 1.24 bits per heavy atom. The Morgan fingerprint density at radius 2 is 1.88 bits per heavy atom.